The van der Waals surface area contributed by atoms with Crippen LogP contribution < -0.4 is 5.73 Å². The highest BCUT2D eigenvalue weighted by molar-refractivity contribution is 5.90. The summed E-state index contributed by atoms with van der Waals surface area (Å²) < 4.78 is 0. The van der Waals surface area contributed by atoms with Crippen LogP contribution in [0.4, 0.5) is 0 Å². The second-order valence-electron chi connectivity index (χ2n) is 4.58. The number of hydrogen-bond acceptors (Lipinski definition) is 3. The number of nitrogens with zero attached hydrogens (tertiary/aromatic N) is 2. The van der Waals surface area contributed by atoms with Crippen LogP contribution in [0.3, 0.4) is 0 Å². The lowest BCUT2D eigenvalue weighted by Crippen LogP contribution is -2.38. The van der Waals surface area contributed by atoms with Crippen LogP contribution in [0, 0.1) is 0 Å². The minimum atomic E-state index is -1.34. The minimum Gasteiger partial charge on any atom is -0.383 e. The standard InChI is InChI=1S/C16H17N3O/c1-16(20,14-10-6-3-7-11-14)15(17)19-18-12-13-8-4-2-5-9-13/h2-12,20H,1H3,(H2,17,19)/b18-12+. The number of rotatable bonds is 4. The zero-order valence-electron chi connectivity index (χ0n) is 11.3. The summed E-state index contributed by atoms with van der Waals surface area (Å²) in [6, 6.07) is 18.7. The van der Waals surface area contributed by atoms with E-state index in [0.29, 0.717) is 5.56 Å². The van der Waals surface area contributed by atoms with Crippen molar-refractivity contribution in [1.29, 1.82) is 0 Å². The third kappa shape index (κ3) is 3.30. The molecule has 2 aromatic rings. The van der Waals surface area contributed by atoms with Crippen molar-refractivity contribution in [1.82, 2.24) is 0 Å². The molecular formula is C16H17N3O. The first-order chi connectivity index (χ1) is 9.60. The monoisotopic (exact) mass is 267 g/mol. The zero-order valence-corrected chi connectivity index (χ0v) is 11.3. The Kier molecular flexibility index (Phi) is 4.27. The summed E-state index contributed by atoms with van der Waals surface area (Å²) in [7, 11) is 0. The van der Waals surface area contributed by atoms with Crippen molar-refractivity contribution < 1.29 is 5.11 Å². The molecule has 0 saturated heterocycles. The molecule has 3 N–H and O–H groups in total. The van der Waals surface area contributed by atoms with Crippen LogP contribution >= 0.6 is 0 Å². The highest BCUT2D eigenvalue weighted by Crippen LogP contribution is 2.20. The summed E-state index contributed by atoms with van der Waals surface area (Å²) in [5.74, 6) is 0.0517. The van der Waals surface area contributed by atoms with E-state index in [9.17, 15) is 5.11 Å². The Morgan fingerprint density at radius 2 is 1.60 bits per heavy atom. The van der Waals surface area contributed by atoms with E-state index in [1.165, 1.54) is 0 Å². The number of benzene rings is 2. The molecule has 0 amide bonds. The van der Waals surface area contributed by atoms with Gasteiger partial charge in [-0.1, -0.05) is 60.7 Å². The van der Waals surface area contributed by atoms with Crippen LogP contribution in [-0.4, -0.2) is 17.2 Å². The molecule has 0 aromatic heterocycles. The van der Waals surface area contributed by atoms with E-state index < -0.39 is 5.60 Å². The van der Waals surface area contributed by atoms with Gasteiger partial charge in [0.15, 0.2) is 5.84 Å². The maximum Gasteiger partial charge on any atom is 0.158 e. The van der Waals surface area contributed by atoms with Gasteiger partial charge in [-0.3, -0.25) is 0 Å². The second kappa shape index (κ2) is 6.12. The summed E-state index contributed by atoms with van der Waals surface area (Å²) in [4.78, 5) is 0. The Morgan fingerprint density at radius 3 is 2.20 bits per heavy atom. The van der Waals surface area contributed by atoms with Crippen molar-refractivity contribution in [3.63, 3.8) is 0 Å². The van der Waals surface area contributed by atoms with Gasteiger partial charge in [0.25, 0.3) is 0 Å². The van der Waals surface area contributed by atoms with E-state index in [-0.39, 0.29) is 5.84 Å². The molecule has 4 heteroatoms. The average molecular weight is 267 g/mol. The molecule has 1 unspecified atom stereocenters. The van der Waals surface area contributed by atoms with E-state index in [4.69, 9.17) is 5.73 Å². The largest absolute Gasteiger partial charge is 0.383 e. The molecule has 2 rings (SSSR count). The molecule has 20 heavy (non-hydrogen) atoms. The Hall–Kier alpha value is -2.46. The lowest BCUT2D eigenvalue weighted by atomic mass is 9.95. The van der Waals surface area contributed by atoms with Gasteiger partial charge in [0.05, 0.1) is 6.21 Å². The molecular weight excluding hydrogens is 250 g/mol. The maximum atomic E-state index is 10.4. The van der Waals surface area contributed by atoms with E-state index in [1.807, 2.05) is 48.5 Å². The maximum absolute atomic E-state index is 10.4. The first-order valence-electron chi connectivity index (χ1n) is 6.30. The fourth-order valence-corrected chi connectivity index (χ4v) is 1.70. The molecule has 0 radical (unpaired) electrons. The third-order valence-electron chi connectivity index (χ3n) is 3.01. The smallest absolute Gasteiger partial charge is 0.158 e. The van der Waals surface area contributed by atoms with Crippen molar-refractivity contribution in [3.05, 3.63) is 71.8 Å². The van der Waals surface area contributed by atoms with Crippen LogP contribution in [0.1, 0.15) is 18.1 Å². The first kappa shape index (κ1) is 14.0. The van der Waals surface area contributed by atoms with E-state index >= 15 is 0 Å². The van der Waals surface area contributed by atoms with E-state index in [1.54, 1.807) is 25.3 Å². The molecule has 0 aliphatic heterocycles. The summed E-state index contributed by atoms with van der Waals surface area (Å²) in [5.41, 5.74) is 6.09. The summed E-state index contributed by atoms with van der Waals surface area (Å²) in [6.07, 6.45) is 1.59. The van der Waals surface area contributed by atoms with Crippen LogP contribution in [0.2, 0.25) is 0 Å². The molecule has 0 aliphatic rings. The predicted octanol–water partition coefficient (Wildman–Crippen LogP) is 2.29. The zero-order chi connectivity index (χ0) is 14.4. The predicted molar refractivity (Wildman–Crippen MR) is 81.7 cm³/mol. The summed E-state index contributed by atoms with van der Waals surface area (Å²) in [5, 5.41) is 18.2. The average Bonchev–Trinajstić information content (AvgIpc) is 2.49. The Balaban J connectivity index is 2.16. The summed E-state index contributed by atoms with van der Waals surface area (Å²) in [6.45, 7) is 1.60. The highest BCUT2D eigenvalue weighted by atomic mass is 16.3. The Bertz CT molecular complexity index is 604. The van der Waals surface area contributed by atoms with E-state index in [2.05, 4.69) is 10.2 Å². The fourth-order valence-electron chi connectivity index (χ4n) is 1.70. The van der Waals surface area contributed by atoms with Gasteiger partial charge in [0.1, 0.15) is 5.60 Å². The van der Waals surface area contributed by atoms with Crippen molar-refractivity contribution in [2.75, 3.05) is 0 Å². The first-order valence-corrected chi connectivity index (χ1v) is 6.30. The van der Waals surface area contributed by atoms with Crippen molar-refractivity contribution in [2.24, 2.45) is 15.9 Å². The lowest BCUT2D eigenvalue weighted by molar-refractivity contribution is 0.131. The Morgan fingerprint density at radius 1 is 1.05 bits per heavy atom. The quantitative estimate of drug-likeness (QED) is 0.507. The molecule has 2 aromatic carbocycles. The molecule has 0 spiro atoms. The second-order valence-corrected chi connectivity index (χ2v) is 4.58. The van der Waals surface area contributed by atoms with Gasteiger partial charge in [0, 0.05) is 0 Å². The lowest BCUT2D eigenvalue weighted by Gasteiger charge is -2.22. The number of hydrogen-bond donors (Lipinski definition) is 2. The van der Waals surface area contributed by atoms with Gasteiger partial charge >= 0.3 is 0 Å². The highest BCUT2D eigenvalue weighted by Gasteiger charge is 2.27. The fraction of sp³-hybridized carbons (Fsp3) is 0.125. The number of nitrogens with two attached hydrogens (primary N) is 1. The molecule has 0 heterocycles. The molecule has 0 aliphatic carbocycles. The third-order valence-corrected chi connectivity index (χ3v) is 3.01. The normalized spacial score (nSPS) is 15.2. The van der Waals surface area contributed by atoms with Crippen LogP contribution in [0.5, 0.6) is 0 Å². The van der Waals surface area contributed by atoms with Gasteiger partial charge in [-0.15, -0.1) is 5.10 Å². The van der Waals surface area contributed by atoms with Gasteiger partial charge in [-0.05, 0) is 18.1 Å². The van der Waals surface area contributed by atoms with Crippen molar-refractivity contribution >= 4 is 12.1 Å². The minimum absolute atomic E-state index is 0.0517. The summed E-state index contributed by atoms with van der Waals surface area (Å²) >= 11 is 0. The van der Waals surface area contributed by atoms with E-state index in [0.717, 1.165) is 5.56 Å². The SMILES string of the molecule is CC(O)(/C(N)=N/N=C/c1ccccc1)c1ccccc1. The number of aliphatic hydroxyl groups is 1. The molecule has 1 atom stereocenters. The molecule has 0 bridgehead atoms. The molecule has 102 valence electrons. The van der Waals surface area contributed by atoms with Crippen LogP contribution in [0.15, 0.2) is 70.9 Å². The van der Waals surface area contributed by atoms with Gasteiger partial charge in [-0.25, -0.2) is 0 Å². The molecule has 0 fully saturated rings. The van der Waals surface area contributed by atoms with Crippen molar-refractivity contribution in [2.45, 2.75) is 12.5 Å². The van der Waals surface area contributed by atoms with Crippen LogP contribution in [-0.2, 0) is 5.60 Å². The number of amidine groups is 1. The van der Waals surface area contributed by atoms with Crippen LogP contribution in [0.25, 0.3) is 0 Å². The molecule has 4 nitrogen and oxygen atoms in total. The van der Waals surface area contributed by atoms with Gasteiger partial charge in [0.2, 0.25) is 0 Å². The van der Waals surface area contributed by atoms with Gasteiger partial charge in [-0.2, -0.15) is 5.10 Å². The topological polar surface area (TPSA) is 71.0 Å². The Labute approximate surface area is 118 Å². The van der Waals surface area contributed by atoms with Gasteiger partial charge < -0.3 is 10.8 Å². The van der Waals surface area contributed by atoms with Crippen molar-refractivity contribution in [3.8, 4) is 0 Å². The molecule has 0 saturated carbocycles.